The van der Waals surface area contributed by atoms with Crippen LogP contribution in [0.3, 0.4) is 0 Å². The van der Waals surface area contributed by atoms with E-state index in [2.05, 4.69) is 43.3 Å². The highest BCUT2D eigenvalue weighted by molar-refractivity contribution is 7.12. The first-order valence-corrected chi connectivity index (χ1v) is 7.33. The summed E-state index contributed by atoms with van der Waals surface area (Å²) in [7, 11) is 0. The zero-order valence-corrected chi connectivity index (χ0v) is 12.0. The molecule has 0 amide bonds. The fourth-order valence-corrected chi connectivity index (χ4v) is 3.85. The van der Waals surface area contributed by atoms with E-state index in [4.69, 9.17) is 0 Å². The van der Waals surface area contributed by atoms with Crippen LogP contribution in [0, 0.1) is 25.2 Å². The maximum absolute atomic E-state index is 9.42. The van der Waals surface area contributed by atoms with Crippen LogP contribution >= 0.6 is 11.3 Å². The number of hydrogen-bond acceptors (Lipinski definition) is 2. The summed E-state index contributed by atoms with van der Waals surface area (Å²) in [5.74, 6) is 0. The predicted octanol–water partition coefficient (Wildman–Crippen LogP) is 4.86. The van der Waals surface area contributed by atoms with Crippen molar-refractivity contribution < 1.29 is 0 Å². The lowest BCUT2D eigenvalue weighted by atomic mass is 9.89. The molecule has 1 nitrogen and oxygen atoms in total. The lowest BCUT2D eigenvalue weighted by Crippen LogP contribution is -1.97. The molecule has 0 aliphatic heterocycles. The molecular formula is C17H15NS. The summed E-state index contributed by atoms with van der Waals surface area (Å²) >= 11 is 1.72. The monoisotopic (exact) mass is 265 g/mol. The molecule has 1 aliphatic rings. The minimum atomic E-state index is 0.842. The Balaban J connectivity index is 2.31. The second kappa shape index (κ2) is 4.68. The van der Waals surface area contributed by atoms with Gasteiger partial charge in [-0.25, -0.2) is 0 Å². The van der Waals surface area contributed by atoms with Gasteiger partial charge in [0.1, 0.15) is 6.07 Å². The quantitative estimate of drug-likeness (QED) is 0.722. The number of benzene rings is 1. The summed E-state index contributed by atoms with van der Waals surface area (Å²) in [5, 5.41) is 9.42. The average molecular weight is 265 g/mol. The smallest absolute Gasteiger partial charge is 0.101 e. The Morgan fingerprint density at radius 1 is 1.21 bits per heavy atom. The van der Waals surface area contributed by atoms with Crippen LogP contribution in [0.1, 0.15) is 32.9 Å². The molecule has 0 fully saturated rings. The molecule has 94 valence electrons. The normalized spacial score (nSPS) is 13.1. The van der Waals surface area contributed by atoms with Crippen LogP contribution in [0.15, 0.2) is 24.3 Å². The minimum Gasteiger partial charge on any atom is -0.192 e. The first-order chi connectivity index (χ1) is 9.22. The van der Waals surface area contributed by atoms with Gasteiger partial charge in [-0.1, -0.05) is 30.4 Å². The van der Waals surface area contributed by atoms with Crippen LogP contribution in [0.4, 0.5) is 0 Å². The third-order valence-corrected chi connectivity index (χ3v) is 4.72. The van der Waals surface area contributed by atoms with Crippen molar-refractivity contribution in [1.29, 1.82) is 5.26 Å². The summed E-state index contributed by atoms with van der Waals surface area (Å²) in [4.78, 5) is 2.36. The molecule has 0 saturated carbocycles. The molecule has 1 aliphatic carbocycles. The molecule has 0 radical (unpaired) electrons. The highest BCUT2D eigenvalue weighted by Gasteiger charge is 2.18. The van der Waals surface area contributed by atoms with E-state index < -0.39 is 0 Å². The van der Waals surface area contributed by atoms with E-state index in [0.29, 0.717) is 0 Å². The molecular weight excluding hydrogens is 250 g/mol. The van der Waals surface area contributed by atoms with Gasteiger partial charge >= 0.3 is 0 Å². The number of nitrogens with zero attached hydrogens (tertiary/aromatic N) is 1. The molecule has 2 heteroatoms. The second-order valence-corrected chi connectivity index (χ2v) is 6.32. The largest absolute Gasteiger partial charge is 0.192 e. The van der Waals surface area contributed by atoms with Gasteiger partial charge in [0.15, 0.2) is 0 Å². The Hall–Kier alpha value is -1.85. The van der Waals surface area contributed by atoms with Gasteiger partial charge in [0.05, 0.1) is 5.56 Å². The van der Waals surface area contributed by atoms with E-state index in [-0.39, 0.29) is 0 Å². The average Bonchev–Trinajstić information content (AvgIpc) is 2.72. The Kier molecular flexibility index (Phi) is 3.00. The Labute approximate surface area is 117 Å². The number of nitriles is 1. The topological polar surface area (TPSA) is 23.8 Å². The summed E-state index contributed by atoms with van der Waals surface area (Å²) in [6, 6.07) is 8.83. The van der Waals surface area contributed by atoms with Crippen molar-refractivity contribution in [3.63, 3.8) is 0 Å². The summed E-state index contributed by atoms with van der Waals surface area (Å²) in [5.41, 5.74) is 5.88. The molecule has 3 rings (SSSR count). The van der Waals surface area contributed by atoms with Gasteiger partial charge < -0.3 is 0 Å². The van der Waals surface area contributed by atoms with Crippen molar-refractivity contribution in [2.75, 3.05) is 0 Å². The van der Waals surface area contributed by atoms with Crippen LogP contribution in [-0.2, 0) is 6.42 Å². The summed E-state index contributed by atoms with van der Waals surface area (Å²) in [6.07, 6.45) is 6.65. The van der Waals surface area contributed by atoms with E-state index in [1.54, 1.807) is 11.3 Å². The van der Waals surface area contributed by atoms with Crippen LogP contribution in [-0.4, -0.2) is 0 Å². The van der Waals surface area contributed by atoms with E-state index in [9.17, 15) is 5.26 Å². The molecule has 0 saturated heterocycles. The number of allylic oxidation sites excluding steroid dienone is 1. The highest BCUT2D eigenvalue weighted by atomic mass is 32.1. The Morgan fingerprint density at radius 2 is 2.05 bits per heavy atom. The first kappa shape index (κ1) is 12.2. The van der Waals surface area contributed by atoms with Gasteiger partial charge in [-0.2, -0.15) is 5.26 Å². The van der Waals surface area contributed by atoms with Crippen LogP contribution in [0.25, 0.3) is 17.2 Å². The number of fused-ring (bicyclic) bond motifs is 1. The van der Waals surface area contributed by atoms with Crippen molar-refractivity contribution in [3.8, 4) is 17.2 Å². The number of rotatable bonds is 1. The van der Waals surface area contributed by atoms with Gasteiger partial charge in [0, 0.05) is 15.3 Å². The molecule has 0 spiro atoms. The molecule has 0 atom stereocenters. The molecule has 0 N–H and O–H groups in total. The van der Waals surface area contributed by atoms with Crippen LogP contribution < -0.4 is 0 Å². The number of hydrogen-bond donors (Lipinski definition) is 0. The molecule has 1 aromatic heterocycles. The van der Waals surface area contributed by atoms with Gasteiger partial charge in [0.2, 0.25) is 0 Å². The molecule has 0 unspecified atom stereocenters. The molecule has 0 bridgehead atoms. The van der Waals surface area contributed by atoms with Gasteiger partial charge in [0.25, 0.3) is 0 Å². The van der Waals surface area contributed by atoms with Crippen LogP contribution in [0.5, 0.6) is 0 Å². The number of thiophene rings is 1. The summed E-state index contributed by atoms with van der Waals surface area (Å²) < 4.78 is 0. The SMILES string of the molecule is Cc1sc(C)c(-c2cccc3c2C=CCC3)c1C#N. The molecule has 1 heterocycles. The van der Waals surface area contributed by atoms with Crippen molar-refractivity contribution in [2.24, 2.45) is 0 Å². The predicted molar refractivity (Wildman–Crippen MR) is 81.3 cm³/mol. The van der Waals surface area contributed by atoms with E-state index >= 15 is 0 Å². The lowest BCUT2D eigenvalue weighted by molar-refractivity contribution is 0.986. The second-order valence-electron chi connectivity index (χ2n) is 4.90. The lowest BCUT2D eigenvalue weighted by Gasteiger charge is -2.15. The Bertz CT molecular complexity index is 714. The van der Waals surface area contributed by atoms with E-state index in [1.165, 1.54) is 21.6 Å². The van der Waals surface area contributed by atoms with Gasteiger partial charge in [-0.15, -0.1) is 11.3 Å². The van der Waals surface area contributed by atoms with Crippen molar-refractivity contribution in [1.82, 2.24) is 0 Å². The zero-order chi connectivity index (χ0) is 13.4. The van der Waals surface area contributed by atoms with Crippen molar-refractivity contribution >= 4 is 17.4 Å². The van der Waals surface area contributed by atoms with Gasteiger partial charge in [-0.05, 0) is 43.4 Å². The summed E-state index contributed by atoms with van der Waals surface area (Å²) in [6.45, 7) is 4.14. The molecule has 2 aromatic rings. The highest BCUT2D eigenvalue weighted by Crippen LogP contribution is 2.39. The standard InChI is InChI=1S/C17H15NS/c1-11-16(10-18)17(12(2)19-11)15-9-5-7-13-6-3-4-8-14(13)15/h4-5,7-9H,3,6H2,1-2H3. The van der Waals surface area contributed by atoms with E-state index in [0.717, 1.165) is 28.8 Å². The Morgan fingerprint density at radius 3 is 2.84 bits per heavy atom. The third kappa shape index (κ3) is 1.91. The maximum atomic E-state index is 9.42. The minimum absolute atomic E-state index is 0.842. The van der Waals surface area contributed by atoms with Crippen molar-refractivity contribution in [2.45, 2.75) is 26.7 Å². The third-order valence-electron chi connectivity index (χ3n) is 3.70. The van der Waals surface area contributed by atoms with Crippen molar-refractivity contribution in [3.05, 3.63) is 50.7 Å². The van der Waals surface area contributed by atoms with Crippen LogP contribution in [0.2, 0.25) is 0 Å². The first-order valence-electron chi connectivity index (χ1n) is 6.51. The van der Waals surface area contributed by atoms with E-state index in [1.807, 2.05) is 6.92 Å². The number of aryl methyl sites for hydroxylation is 3. The molecule has 1 aromatic carbocycles. The molecule has 19 heavy (non-hydrogen) atoms. The fourth-order valence-electron chi connectivity index (χ4n) is 2.83. The zero-order valence-electron chi connectivity index (χ0n) is 11.2. The fraction of sp³-hybridized carbons (Fsp3) is 0.235. The van der Waals surface area contributed by atoms with Gasteiger partial charge in [-0.3, -0.25) is 0 Å². The maximum Gasteiger partial charge on any atom is 0.101 e.